The lowest BCUT2D eigenvalue weighted by molar-refractivity contribution is 0.166. The van der Waals surface area contributed by atoms with Crippen LogP contribution in [0.15, 0.2) is 24.3 Å². The van der Waals surface area contributed by atoms with Crippen molar-refractivity contribution in [1.82, 2.24) is 10.2 Å². The van der Waals surface area contributed by atoms with E-state index in [0.717, 1.165) is 6.04 Å². The number of nitrogens with one attached hydrogen (secondary N) is 1. The smallest absolute Gasteiger partial charge is 0.0176 e. The largest absolute Gasteiger partial charge is 0.312 e. The van der Waals surface area contributed by atoms with Gasteiger partial charge in [0.05, 0.1) is 0 Å². The average molecular weight is 258 g/mol. The molecule has 2 nitrogen and oxygen atoms in total. The molecule has 2 unspecified atom stereocenters. The highest BCUT2D eigenvalue weighted by atomic mass is 15.2. The maximum Gasteiger partial charge on any atom is 0.0176 e. The van der Waals surface area contributed by atoms with Crippen LogP contribution < -0.4 is 5.32 Å². The number of hydrogen-bond donors (Lipinski definition) is 1. The fraction of sp³-hybridized carbons (Fsp3) is 0.647. The highest BCUT2D eigenvalue weighted by Crippen LogP contribution is 2.26. The fourth-order valence-corrected chi connectivity index (χ4v) is 3.64. The van der Waals surface area contributed by atoms with E-state index < -0.39 is 0 Å². The van der Waals surface area contributed by atoms with Crippen molar-refractivity contribution >= 4 is 0 Å². The van der Waals surface area contributed by atoms with E-state index >= 15 is 0 Å². The van der Waals surface area contributed by atoms with E-state index in [1.165, 1.54) is 38.8 Å². The monoisotopic (exact) mass is 258 g/mol. The predicted molar refractivity (Wildman–Crippen MR) is 80.5 cm³/mol. The zero-order chi connectivity index (χ0) is 13.2. The van der Waals surface area contributed by atoms with E-state index in [1.54, 1.807) is 11.1 Å². The number of rotatable bonds is 1. The van der Waals surface area contributed by atoms with Gasteiger partial charge in [0.25, 0.3) is 0 Å². The highest BCUT2D eigenvalue weighted by molar-refractivity contribution is 5.33. The first-order valence-corrected chi connectivity index (χ1v) is 7.79. The van der Waals surface area contributed by atoms with Crippen molar-refractivity contribution in [3.63, 3.8) is 0 Å². The molecule has 19 heavy (non-hydrogen) atoms. The Kier molecular flexibility index (Phi) is 3.90. The Balaban J connectivity index is 1.66. The van der Waals surface area contributed by atoms with Crippen molar-refractivity contribution in [1.29, 1.82) is 0 Å². The van der Waals surface area contributed by atoms with Crippen molar-refractivity contribution in [3.05, 3.63) is 35.4 Å². The lowest BCUT2D eigenvalue weighted by atomic mass is 10.1. The maximum absolute atomic E-state index is 3.68. The molecule has 1 aliphatic heterocycles. The van der Waals surface area contributed by atoms with Crippen LogP contribution in [0, 0.1) is 0 Å². The third-order valence-electron chi connectivity index (χ3n) is 4.81. The summed E-state index contributed by atoms with van der Waals surface area (Å²) in [6, 6.07) is 11.0. The first-order valence-electron chi connectivity index (χ1n) is 7.79. The minimum absolute atomic E-state index is 0.654. The molecule has 104 valence electrons. The molecular formula is C17H26N2. The molecule has 0 spiro atoms. The Hall–Kier alpha value is -0.860. The second-order valence-corrected chi connectivity index (χ2v) is 6.41. The van der Waals surface area contributed by atoms with Gasteiger partial charge in [0.1, 0.15) is 0 Å². The summed E-state index contributed by atoms with van der Waals surface area (Å²) < 4.78 is 0. The van der Waals surface area contributed by atoms with Crippen LogP contribution in [-0.4, -0.2) is 36.1 Å². The first-order chi connectivity index (χ1) is 9.22. The highest BCUT2D eigenvalue weighted by Gasteiger charge is 2.27. The molecule has 0 aromatic heterocycles. The Morgan fingerprint density at radius 1 is 0.947 bits per heavy atom. The summed E-state index contributed by atoms with van der Waals surface area (Å²) in [5.74, 6) is 0. The molecule has 1 heterocycles. The predicted octanol–water partition coefficient (Wildman–Crippen LogP) is 2.62. The molecule has 1 aliphatic carbocycles. The number of nitrogens with zero attached hydrogens (tertiary/aromatic N) is 1. The lowest BCUT2D eigenvalue weighted by Crippen LogP contribution is -2.46. The minimum Gasteiger partial charge on any atom is -0.312 e. The molecule has 2 atom stereocenters. The zero-order valence-corrected chi connectivity index (χ0v) is 12.2. The molecule has 0 radical (unpaired) electrons. The summed E-state index contributed by atoms with van der Waals surface area (Å²) in [5.41, 5.74) is 3.16. The third kappa shape index (κ3) is 3.01. The summed E-state index contributed by atoms with van der Waals surface area (Å²) in [5, 5.41) is 3.68. The number of benzene rings is 1. The van der Waals surface area contributed by atoms with Gasteiger partial charge in [-0.05, 0) is 63.7 Å². The van der Waals surface area contributed by atoms with Gasteiger partial charge in [0.15, 0.2) is 0 Å². The van der Waals surface area contributed by atoms with Crippen LogP contribution in [0.2, 0.25) is 0 Å². The Morgan fingerprint density at radius 3 is 2.00 bits per heavy atom. The molecule has 3 rings (SSSR count). The summed E-state index contributed by atoms with van der Waals surface area (Å²) in [7, 11) is 0. The quantitative estimate of drug-likeness (QED) is 0.833. The van der Waals surface area contributed by atoms with Crippen LogP contribution >= 0.6 is 0 Å². The van der Waals surface area contributed by atoms with Crippen molar-refractivity contribution in [2.45, 2.75) is 57.7 Å². The van der Waals surface area contributed by atoms with E-state index in [-0.39, 0.29) is 0 Å². The molecule has 1 N–H and O–H groups in total. The normalized spacial score (nSPS) is 29.8. The molecular weight excluding hydrogens is 232 g/mol. The SMILES string of the molecule is CC1CCN(C2Cc3ccccc3C2)CCC(C)N1. The standard InChI is InChI=1S/C17H26N2/c1-13-7-9-19(10-8-14(2)18-13)17-11-15-5-3-4-6-16(15)12-17/h3-6,13-14,17-18H,7-12H2,1-2H3. The Labute approximate surface area is 117 Å². The van der Waals surface area contributed by atoms with Gasteiger partial charge in [-0.2, -0.15) is 0 Å². The van der Waals surface area contributed by atoms with Crippen LogP contribution in [0.1, 0.15) is 37.8 Å². The number of fused-ring (bicyclic) bond motifs is 1. The van der Waals surface area contributed by atoms with Gasteiger partial charge in [-0.3, -0.25) is 4.90 Å². The van der Waals surface area contributed by atoms with Crippen LogP contribution in [0.3, 0.4) is 0 Å². The van der Waals surface area contributed by atoms with Gasteiger partial charge in [0, 0.05) is 18.1 Å². The van der Waals surface area contributed by atoms with Crippen molar-refractivity contribution < 1.29 is 0 Å². The second kappa shape index (κ2) is 5.64. The van der Waals surface area contributed by atoms with Crippen LogP contribution in [-0.2, 0) is 12.8 Å². The van der Waals surface area contributed by atoms with Crippen molar-refractivity contribution in [3.8, 4) is 0 Å². The van der Waals surface area contributed by atoms with Gasteiger partial charge < -0.3 is 5.32 Å². The summed E-state index contributed by atoms with van der Waals surface area (Å²) >= 11 is 0. The van der Waals surface area contributed by atoms with E-state index in [4.69, 9.17) is 0 Å². The molecule has 0 bridgehead atoms. The van der Waals surface area contributed by atoms with E-state index in [2.05, 4.69) is 48.3 Å². The van der Waals surface area contributed by atoms with Crippen LogP contribution in [0.5, 0.6) is 0 Å². The van der Waals surface area contributed by atoms with E-state index in [1.807, 2.05) is 0 Å². The molecule has 1 aromatic rings. The van der Waals surface area contributed by atoms with E-state index in [9.17, 15) is 0 Å². The van der Waals surface area contributed by atoms with Gasteiger partial charge in [0.2, 0.25) is 0 Å². The second-order valence-electron chi connectivity index (χ2n) is 6.41. The first kappa shape index (κ1) is 13.1. The third-order valence-corrected chi connectivity index (χ3v) is 4.81. The summed E-state index contributed by atoms with van der Waals surface area (Å²) in [6.07, 6.45) is 5.06. The van der Waals surface area contributed by atoms with Crippen molar-refractivity contribution in [2.24, 2.45) is 0 Å². The van der Waals surface area contributed by atoms with Crippen LogP contribution in [0.25, 0.3) is 0 Å². The minimum atomic E-state index is 0.654. The number of hydrogen-bond acceptors (Lipinski definition) is 2. The molecule has 2 aliphatic rings. The van der Waals surface area contributed by atoms with Crippen LogP contribution in [0.4, 0.5) is 0 Å². The zero-order valence-electron chi connectivity index (χ0n) is 12.2. The fourth-order valence-electron chi connectivity index (χ4n) is 3.64. The maximum atomic E-state index is 3.68. The van der Waals surface area contributed by atoms with Gasteiger partial charge in [-0.25, -0.2) is 0 Å². The Morgan fingerprint density at radius 2 is 1.47 bits per heavy atom. The molecule has 2 heteroatoms. The average Bonchev–Trinajstić information content (AvgIpc) is 2.80. The summed E-state index contributed by atoms with van der Waals surface area (Å²) in [6.45, 7) is 7.14. The molecule has 1 aromatic carbocycles. The summed E-state index contributed by atoms with van der Waals surface area (Å²) in [4.78, 5) is 2.74. The molecule has 0 saturated carbocycles. The molecule has 0 amide bonds. The van der Waals surface area contributed by atoms with Gasteiger partial charge in [-0.15, -0.1) is 0 Å². The molecule has 1 fully saturated rings. The lowest BCUT2D eigenvalue weighted by Gasteiger charge is -2.34. The topological polar surface area (TPSA) is 15.3 Å². The molecule has 1 saturated heterocycles. The van der Waals surface area contributed by atoms with Gasteiger partial charge >= 0.3 is 0 Å². The van der Waals surface area contributed by atoms with E-state index in [0.29, 0.717) is 12.1 Å². The Bertz CT molecular complexity index is 392. The van der Waals surface area contributed by atoms with Gasteiger partial charge in [-0.1, -0.05) is 24.3 Å². The van der Waals surface area contributed by atoms with Crippen molar-refractivity contribution in [2.75, 3.05) is 13.1 Å².